The van der Waals surface area contributed by atoms with Crippen LogP contribution in [0.5, 0.6) is 0 Å². The summed E-state index contributed by atoms with van der Waals surface area (Å²) in [5.74, 6) is 1.70. The Labute approximate surface area is 176 Å². The summed E-state index contributed by atoms with van der Waals surface area (Å²) in [5, 5.41) is 14.2. The molecule has 5 rings (SSSR count). The minimum atomic E-state index is -0.0227. The van der Waals surface area contributed by atoms with Gasteiger partial charge >= 0.3 is 0 Å². The van der Waals surface area contributed by atoms with Crippen molar-refractivity contribution >= 4 is 11.9 Å². The fourth-order valence-electron chi connectivity index (χ4n) is 4.86. The first-order valence-electron chi connectivity index (χ1n) is 11.2. The van der Waals surface area contributed by atoms with Crippen LogP contribution in [0.2, 0.25) is 0 Å². The van der Waals surface area contributed by atoms with Crippen LogP contribution >= 0.6 is 0 Å². The van der Waals surface area contributed by atoms with Gasteiger partial charge in [-0.05, 0) is 44.1 Å². The summed E-state index contributed by atoms with van der Waals surface area (Å²) >= 11 is 0. The Balaban J connectivity index is 1.50. The van der Waals surface area contributed by atoms with Crippen molar-refractivity contribution in [3.8, 4) is 11.3 Å². The Hall–Kier alpha value is -2.48. The Morgan fingerprint density at radius 3 is 2.77 bits per heavy atom. The Bertz CT molecular complexity index is 922. The lowest BCUT2D eigenvalue weighted by Crippen LogP contribution is -2.32. The summed E-state index contributed by atoms with van der Waals surface area (Å²) < 4.78 is 1.78. The van der Waals surface area contributed by atoms with E-state index in [1.807, 2.05) is 23.4 Å². The molecule has 3 fully saturated rings. The van der Waals surface area contributed by atoms with Gasteiger partial charge in [0.25, 0.3) is 0 Å². The van der Waals surface area contributed by atoms with Gasteiger partial charge < -0.3 is 14.9 Å². The van der Waals surface area contributed by atoms with Crippen molar-refractivity contribution in [1.29, 1.82) is 0 Å². The summed E-state index contributed by atoms with van der Waals surface area (Å²) in [6.45, 7) is 5.38. The zero-order valence-electron chi connectivity index (χ0n) is 17.6. The van der Waals surface area contributed by atoms with E-state index in [9.17, 15) is 9.90 Å². The zero-order chi connectivity index (χ0) is 20.7. The molecule has 2 aromatic rings. The molecule has 0 spiro atoms. The average molecular weight is 411 g/mol. The van der Waals surface area contributed by atoms with Crippen LogP contribution in [-0.4, -0.2) is 61.9 Å². The minimum Gasteiger partial charge on any atom is -0.394 e. The monoisotopic (exact) mass is 410 g/mol. The van der Waals surface area contributed by atoms with Crippen molar-refractivity contribution in [1.82, 2.24) is 24.6 Å². The number of likely N-dealkylation sites (tertiary alicyclic amines) is 1. The number of rotatable bonds is 6. The fraction of sp³-hybridized carbons (Fsp3) is 0.636. The number of hydrogen-bond acceptors (Lipinski definition) is 6. The maximum Gasteiger partial charge on any atom is 0.226 e. The van der Waals surface area contributed by atoms with Crippen LogP contribution < -0.4 is 4.90 Å². The van der Waals surface area contributed by atoms with Crippen molar-refractivity contribution in [3.05, 3.63) is 24.2 Å². The van der Waals surface area contributed by atoms with Gasteiger partial charge in [-0.3, -0.25) is 9.48 Å². The number of aliphatic hydroxyl groups is 1. The molecule has 8 nitrogen and oxygen atoms in total. The van der Waals surface area contributed by atoms with E-state index in [0.717, 1.165) is 61.8 Å². The summed E-state index contributed by atoms with van der Waals surface area (Å²) in [6, 6.07) is 1.90. The lowest BCUT2D eigenvalue weighted by Gasteiger charge is -2.24. The van der Waals surface area contributed by atoms with Crippen molar-refractivity contribution in [2.45, 2.75) is 51.6 Å². The van der Waals surface area contributed by atoms with Gasteiger partial charge in [-0.15, -0.1) is 0 Å². The van der Waals surface area contributed by atoms with Gasteiger partial charge in [-0.25, -0.2) is 9.97 Å². The quantitative estimate of drug-likeness (QED) is 0.786. The van der Waals surface area contributed by atoms with E-state index in [4.69, 9.17) is 10.1 Å². The largest absolute Gasteiger partial charge is 0.394 e. The van der Waals surface area contributed by atoms with Gasteiger partial charge in [0, 0.05) is 43.5 Å². The highest BCUT2D eigenvalue weighted by molar-refractivity contribution is 5.82. The number of carbonyl (C=O) groups excluding carboxylic acids is 1. The number of nitrogens with zero attached hydrogens (tertiary/aromatic N) is 6. The van der Waals surface area contributed by atoms with Crippen LogP contribution in [0.25, 0.3) is 11.3 Å². The summed E-state index contributed by atoms with van der Waals surface area (Å²) in [4.78, 5) is 26.6. The van der Waals surface area contributed by atoms with Crippen LogP contribution in [0.15, 0.2) is 18.5 Å². The molecule has 2 saturated heterocycles. The molecule has 8 heteroatoms. The minimum absolute atomic E-state index is 0.0227. The molecule has 30 heavy (non-hydrogen) atoms. The molecule has 1 amide bonds. The molecule has 0 aromatic carbocycles. The van der Waals surface area contributed by atoms with Gasteiger partial charge in [-0.1, -0.05) is 6.92 Å². The van der Waals surface area contributed by atoms with Crippen LogP contribution in [-0.2, 0) is 11.3 Å². The van der Waals surface area contributed by atoms with Gasteiger partial charge in [0.2, 0.25) is 11.9 Å². The van der Waals surface area contributed by atoms with Crippen molar-refractivity contribution in [2.24, 2.45) is 11.8 Å². The second-order valence-electron chi connectivity index (χ2n) is 8.86. The maximum absolute atomic E-state index is 13.0. The first-order valence-corrected chi connectivity index (χ1v) is 11.2. The predicted octanol–water partition coefficient (Wildman–Crippen LogP) is 2.25. The SMILES string of the molecule is C[C@@H]1C[C@H]1C(=O)N1CCC[C@@H]1c1nn(CCO)cc1-c1ccnc(N2CCCC2)n1. The Morgan fingerprint density at radius 2 is 2.03 bits per heavy atom. The molecule has 0 unspecified atom stereocenters. The standard InChI is InChI=1S/C22H30N6O2/c1-15-13-16(15)21(30)28-10-4-5-19(28)20-17(14-27(25-20)11-12-29)18-6-7-23-22(24-18)26-8-2-3-9-26/h6-7,14-16,19,29H,2-5,8-13H2,1H3/t15-,16-,19-/m1/s1. The topological polar surface area (TPSA) is 87.4 Å². The van der Waals surface area contributed by atoms with E-state index < -0.39 is 0 Å². The lowest BCUT2D eigenvalue weighted by molar-refractivity contribution is -0.133. The first kappa shape index (κ1) is 19.5. The van der Waals surface area contributed by atoms with Crippen molar-refractivity contribution < 1.29 is 9.90 Å². The van der Waals surface area contributed by atoms with Gasteiger partial charge in [0.15, 0.2) is 0 Å². The fourth-order valence-corrected chi connectivity index (χ4v) is 4.86. The molecule has 4 heterocycles. The predicted molar refractivity (Wildman–Crippen MR) is 113 cm³/mol. The molecule has 0 radical (unpaired) electrons. The molecule has 160 valence electrons. The van der Waals surface area contributed by atoms with E-state index in [1.165, 1.54) is 12.8 Å². The van der Waals surface area contributed by atoms with Crippen LogP contribution in [0.3, 0.4) is 0 Å². The number of anilines is 1. The normalized spacial score (nSPS) is 25.9. The zero-order valence-corrected chi connectivity index (χ0v) is 17.6. The van der Waals surface area contributed by atoms with E-state index >= 15 is 0 Å². The third-order valence-corrected chi connectivity index (χ3v) is 6.71. The smallest absolute Gasteiger partial charge is 0.226 e. The average Bonchev–Trinajstić information content (AvgIpc) is 3.24. The number of hydrogen-bond donors (Lipinski definition) is 1. The lowest BCUT2D eigenvalue weighted by atomic mass is 10.0. The van der Waals surface area contributed by atoms with Crippen LogP contribution in [0.4, 0.5) is 5.95 Å². The highest BCUT2D eigenvalue weighted by Crippen LogP contribution is 2.44. The number of amides is 1. The third kappa shape index (κ3) is 3.57. The van der Waals surface area contributed by atoms with Crippen LogP contribution in [0, 0.1) is 11.8 Å². The molecule has 2 aromatic heterocycles. The molecule has 1 saturated carbocycles. The summed E-state index contributed by atoms with van der Waals surface area (Å²) in [7, 11) is 0. The molecule has 1 aliphatic carbocycles. The summed E-state index contributed by atoms with van der Waals surface area (Å²) in [5.41, 5.74) is 2.68. The maximum atomic E-state index is 13.0. The van der Waals surface area contributed by atoms with E-state index in [2.05, 4.69) is 16.8 Å². The van der Waals surface area contributed by atoms with Gasteiger partial charge in [0.05, 0.1) is 30.6 Å². The van der Waals surface area contributed by atoms with Crippen molar-refractivity contribution in [3.63, 3.8) is 0 Å². The number of aromatic nitrogens is 4. The highest BCUT2D eigenvalue weighted by atomic mass is 16.3. The molecule has 1 N–H and O–H groups in total. The van der Waals surface area contributed by atoms with E-state index in [1.54, 1.807) is 4.68 Å². The van der Waals surface area contributed by atoms with Crippen LogP contribution in [0.1, 0.15) is 50.8 Å². The molecule has 2 aliphatic heterocycles. The van der Waals surface area contributed by atoms with E-state index in [0.29, 0.717) is 12.5 Å². The van der Waals surface area contributed by atoms with Gasteiger partial charge in [-0.2, -0.15) is 5.10 Å². The van der Waals surface area contributed by atoms with E-state index in [-0.39, 0.29) is 24.5 Å². The van der Waals surface area contributed by atoms with Gasteiger partial charge in [0.1, 0.15) is 0 Å². The second-order valence-corrected chi connectivity index (χ2v) is 8.86. The highest BCUT2D eigenvalue weighted by Gasteiger charge is 2.45. The molecule has 3 aliphatic rings. The Kier molecular flexibility index (Phi) is 5.18. The van der Waals surface area contributed by atoms with Crippen molar-refractivity contribution in [2.75, 3.05) is 31.1 Å². The second kappa shape index (κ2) is 7.98. The molecular formula is C22H30N6O2. The number of aliphatic hydroxyl groups excluding tert-OH is 1. The number of carbonyl (C=O) groups is 1. The summed E-state index contributed by atoms with van der Waals surface area (Å²) in [6.07, 6.45) is 9.03. The third-order valence-electron chi connectivity index (χ3n) is 6.71. The molecule has 0 bridgehead atoms. The molecular weight excluding hydrogens is 380 g/mol. The Morgan fingerprint density at radius 1 is 1.23 bits per heavy atom. The first-order chi connectivity index (χ1) is 14.7. The molecule has 3 atom stereocenters.